The lowest BCUT2D eigenvalue weighted by molar-refractivity contribution is 0.913. The van der Waals surface area contributed by atoms with Gasteiger partial charge >= 0.3 is 0 Å². The van der Waals surface area contributed by atoms with Gasteiger partial charge in [-0.1, -0.05) is 36.3 Å². The van der Waals surface area contributed by atoms with E-state index in [2.05, 4.69) is 0 Å². The first-order valence-corrected chi connectivity index (χ1v) is 10.1. The highest BCUT2D eigenvalue weighted by molar-refractivity contribution is 7.54. The maximum Gasteiger partial charge on any atom is 0.0470 e. The van der Waals surface area contributed by atoms with Crippen molar-refractivity contribution in [2.24, 2.45) is 0 Å². The minimum atomic E-state index is -0.178. The van der Waals surface area contributed by atoms with E-state index in [9.17, 15) is 0 Å². The summed E-state index contributed by atoms with van der Waals surface area (Å²) in [4.78, 5) is 0. The molecule has 0 atom stereocenters. The molecular formula is C6H12Si2. The highest BCUT2D eigenvalue weighted by atomic mass is 29.3. The van der Waals surface area contributed by atoms with Gasteiger partial charge in [0.05, 0.1) is 0 Å². The van der Waals surface area contributed by atoms with Crippen LogP contribution in [0.4, 0.5) is 0 Å². The third-order valence-electron chi connectivity index (χ3n) is 4.37. The summed E-state index contributed by atoms with van der Waals surface area (Å²) in [6, 6.07) is 10.7. The van der Waals surface area contributed by atoms with Crippen molar-refractivity contribution < 1.29 is 0 Å². The minimum absolute atomic E-state index is 0.178. The van der Waals surface area contributed by atoms with E-state index in [1.54, 1.807) is 36.3 Å². The number of hydrogen-bond acceptors (Lipinski definition) is 0. The minimum Gasteiger partial charge on any atom is -0.0616 e. The van der Waals surface area contributed by atoms with Crippen molar-refractivity contribution in [3.8, 4) is 0 Å². The lowest BCUT2D eigenvalue weighted by atomic mass is 10.8. The van der Waals surface area contributed by atoms with Crippen molar-refractivity contribution in [1.82, 2.24) is 0 Å². The van der Waals surface area contributed by atoms with Gasteiger partial charge in [-0.05, 0) is 0 Å². The third-order valence-corrected chi connectivity index (χ3v) is 26.6. The predicted molar refractivity (Wildman–Crippen MR) is 40.4 cm³/mol. The van der Waals surface area contributed by atoms with Crippen molar-refractivity contribution in [2.75, 3.05) is 0 Å². The Bertz CT molecular complexity index is 110. The highest BCUT2D eigenvalue weighted by Gasteiger charge is 2.73. The fourth-order valence-corrected chi connectivity index (χ4v) is 24.7. The standard InChI is InChI=1S/C6H12Si2/c1-2-8-5-3-7(1,8)4-6-8/h1-6H2. The fourth-order valence-electron chi connectivity index (χ4n) is 3.25. The second-order valence-electron chi connectivity index (χ2n) is 4.06. The van der Waals surface area contributed by atoms with Crippen LogP contribution in [0.1, 0.15) is 0 Å². The van der Waals surface area contributed by atoms with Crippen LogP contribution >= 0.6 is 0 Å². The molecule has 44 valence electrons. The van der Waals surface area contributed by atoms with Crippen LogP contribution in [-0.4, -0.2) is 15.2 Å². The lowest BCUT2D eigenvalue weighted by Crippen LogP contribution is -2.84. The normalized spacial score (nSPS) is 66.0. The molecule has 3 aliphatic heterocycles. The summed E-state index contributed by atoms with van der Waals surface area (Å²) in [5, 5.41) is 0. The van der Waals surface area contributed by atoms with Gasteiger partial charge in [0, 0.05) is 15.2 Å². The second-order valence-corrected chi connectivity index (χ2v) is 18.5. The Hall–Kier alpha value is 0.434. The van der Waals surface area contributed by atoms with Gasteiger partial charge in [-0.25, -0.2) is 0 Å². The van der Waals surface area contributed by atoms with Crippen LogP contribution in [0.3, 0.4) is 0 Å². The van der Waals surface area contributed by atoms with Gasteiger partial charge in [-0.2, -0.15) is 0 Å². The largest absolute Gasteiger partial charge is 0.0616 e. The predicted octanol–water partition coefficient (Wildman–Crippen LogP) is 2.00. The molecule has 3 aliphatic rings. The molecule has 3 rings (SSSR count). The van der Waals surface area contributed by atoms with E-state index in [-0.39, 0.29) is 15.2 Å². The van der Waals surface area contributed by atoms with Crippen molar-refractivity contribution in [1.29, 1.82) is 0 Å². The van der Waals surface area contributed by atoms with Gasteiger partial charge in [-0.3, -0.25) is 0 Å². The van der Waals surface area contributed by atoms with Crippen molar-refractivity contribution in [3.63, 3.8) is 0 Å². The Morgan fingerprint density at radius 3 is 0.750 bits per heavy atom. The first kappa shape index (κ1) is 4.28. The lowest BCUT2D eigenvalue weighted by Gasteiger charge is -2.74. The molecule has 0 radical (unpaired) electrons. The summed E-state index contributed by atoms with van der Waals surface area (Å²) in [5.41, 5.74) is 0. The van der Waals surface area contributed by atoms with Crippen LogP contribution in [0.15, 0.2) is 0 Å². The monoisotopic (exact) mass is 140 g/mol. The van der Waals surface area contributed by atoms with E-state index in [0.717, 1.165) is 0 Å². The van der Waals surface area contributed by atoms with E-state index < -0.39 is 0 Å². The van der Waals surface area contributed by atoms with Gasteiger partial charge in [0.25, 0.3) is 0 Å². The zero-order valence-corrected chi connectivity index (χ0v) is 7.24. The molecule has 0 nitrogen and oxygen atoms in total. The van der Waals surface area contributed by atoms with Crippen molar-refractivity contribution in [2.45, 2.75) is 36.3 Å². The molecule has 0 saturated carbocycles. The first-order chi connectivity index (χ1) is 3.87. The van der Waals surface area contributed by atoms with Crippen LogP contribution in [-0.2, 0) is 0 Å². The second kappa shape index (κ2) is 0.906. The molecule has 0 aromatic carbocycles. The summed E-state index contributed by atoms with van der Waals surface area (Å²) < 4.78 is 0. The summed E-state index contributed by atoms with van der Waals surface area (Å²) in [7, 11) is -0.356. The van der Waals surface area contributed by atoms with Gasteiger partial charge in [0.2, 0.25) is 0 Å². The van der Waals surface area contributed by atoms with Gasteiger partial charge in [-0.15, -0.1) is 0 Å². The molecule has 0 spiro atoms. The summed E-state index contributed by atoms with van der Waals surface area (Å²) >= 11 is 0. The number of hydrogen-bond donors (Lipinski definition) is 0. The number of rotatable bonds is 0. The molecular weight excluding hydrogens is 128 g/mol. The average molecular weight is 140 g/mol. The van der Waals surface area contributed by atoms with Crippen LogP contribution in [0.5, 0.6) is 0 Å². The van der Waals surface area contributed by atoms with Gasteiger partial charge in [0.15, 0.2) is 0 Å². The van der Waals surface area contributed by atoms with Crippen LogP contribution in [0, 0.1) is 0 Å². The van der Waals surface area contributed by atoms with Crippen LogP contribution < -0.4 is 0 Å². The Morgan fingerprint density at radius 1 is 0.500 bits per heavy atom. The fraction of sp³-hybridized carbons (Fsp3) is 1.00. The average Bonchev–Trinajstić information content (AvgIpc) is 1.90. The molecule has 0 aliphatic carbocycles. The topological polar surface area (TPSA) is 0 Å². The van der Waals surface area contributed by atoms with Crippen LogP contribution in [0.25, 0.3) is 0 Å². The maximum atomic E-state index is 1.79. The molecule has 0 aromatic heterocycles. The molecule has 8 heavy (non-hydrogen) atoms. The summed E-state index contributed by atoms with van der Waals surface area (Å²) in [5.74, 6) is 0. The third kappa shape index (κ3) is 0.205. The molecule has 0 aromatic rings. The summed E-state index contributed by atoms with van der Waals surface area (Å²) in [6.45, 7) is 0. The van der Waals surface area contributed by atoms with Gasteiger partial charge in [0.1, 0.15) is 0 Å². The molecule has 3 saturated heterocycles. The SMILES string of the molecule is C1C[Si]23CC[Si]12CC3. The van der Waals surface area contributed by atoms with Crippen molar-refractivity contribution in [3.05, 3.63) is 0 Å². The van der Waals surface area contributed by atoms with E-state index in [0.29, 0.717) is 0 Å². The van der Waals surface area contributed by atoms with Crippen molar-refractivity contribution >= 4 is 15.2 Å². The van der Waals surface area contributed by atoms with Crippen LogP contribution in [0.2, 0.25) is 36.3 Å². The molecule has 3 fully saturated rings. The Labute approximate surface area is 52.1 Å². The molecule has 2 heteroatoms. The first-order valence-electron chi connectivity index (χ1n) is 3.87. The van der Waals surface area contributed by atoms with Gasteiger partial charge < -0.3 is 0 Å². The Balaban J connectivity index is 2.05. The molecule has 0 unspecified atom stereocenters. The van der Waals surface area contributed by atoms with E-state index in [1.807, 2.05) is 0 Å². The zero-order valence-electron chi connectivity index (χ0n) is 5.24. The van der Waals surface area contributed by atoms with E-state index in [4.69, 9.17) is 0 Å². The zero-order chi connectivity index (χ0) is 5.24. The molecule has 0 amide bonds. The highest BCUT2D eigenvalue weighted by Crippen LogP contribution is 2.68. The molecule has 0 bridgehead atoms. The molecule has 0 N–H and O–H groups in total. The summed E-state index contributed by atoms with van der Waals surface area (Å²) in [6.07, 6.45) is 0. The van der Waals surface area contributed by atoms with E-state index in [1.165, 1.54) is 0 Å². The Morgan fingerprint density at radius 2 is 0.750 bits per heavy atom. The smallest absolute Gasteiger partial charge is 0.0470 e. The quantitative estimate of drug-likeness (QED) is 0.452. The maximum absolute atomic E-state index is 1.79. The van der Waals surface area contributed by atoms with E-state index >= 15 is 0 Å². The Kier molecular flexibility index (Phi) is 0.485. The molecule has 3 heterocycles.